The fourth-order valence-corrected chi connectivity index (χ4v) is 3.67. The van der Waals surface area contributed by atoms with Crippen LogP contribution in [0.3, 0.4) is 0 Å². The molecule has 0 spiro atoms. The molecule has 2 aromatic carbocycles. The Hall–Kier alpha value is -2.69. The van der Waals surface area contributed by atoms with Crippen LogP contribution in [-0.2, 0) is 24.2 Å². The fraction of sp³-hybridized carbons (Fsp3) is 0.458. The molecule has 1 N–H and O–H groups in total. The summed E-state index contributed by atoms with van der Waals surface area (Å²) in [6, 6.07) is 11.9. The molecular formula is C24H31NO4. The smallest absolute Gasteiger partial charge is 0.261 e. The summed E-state index contributed by atoms with van der Waals surface area (Å²) in [5, 5.41) is 2.98. The molecule has 1 amide bonds. The van der Waals surface area contributed by atoms with E-state index in [9.17, 15) is 4.79 Å². The molecular weight excluding hydrogens is 366 g/mol. The largest absolute Gasteiger partial charge is 0.493 e. The summed E-state index contributed by atoms with van der Waals surface area (Å²) < 4.78 is 16.9. The first-order valence-corrected chi connectivity index (χ1v) is 10.5. The third kappa shape index (κ3) is 5.43. The predicted molar refractivity (Wildman–Crippen MR) is 114 cm³/mol. The molecule has 0 aromatic heterocycles. The highest BCUT2D eigenvalue weighted by atomic mass is 16.5. The molecule has 0 aliphatic heterocycles. The van der Waals surface area contributed by atoms with Crippen molar-refractivity contribution < 1.29 is 19.0 Å². The van der Waals surface area contributed by atoms with E-state index in [2.05, 4.69) is 17.4 Å². The van der Waals surface area contributed by atoms with Crippen molar-refractivity contribution in [3.8, 4) is 17.2 Å². The molecule has 0 radical (unpaired) electrons. The highest BCUT2D eigenvalue weighted by Crippen LogP contribution is 2.28. The lowest BCUT2D eigenvalue weighted by atomic mass is 9.92. The Morgan fingerprint density at radius 1 is 1.03 bits per heavy atom. The van der Waals surface area contributed by atoms with Crippen LogP contribution in [0.5, 0.6) is 17.2 Å². The second-order valence-electron chi connectivity index (χ2n) is 7.29. The van der Waals surface area contributed by atoms with Gasteiger partial charge in [-0.25, -0.2) is 0 Å². The van der Waals surface area contributed by atoms with Crippen molar-refractivity contribution in [2.24, 2.45) is 0 Å². The zero-order valence-corrected chi connectivity index (χ0v) is 17.6. The van der Waals surface area contributed by atoms with Gasteiger partial charge in [0.25, 0.3) is 5.91 Å². The van der Waals surface area contributed by atoms with Gasteiger partial charge < -0.3 is 19.5 Å². The topological polar surface area (TPSA) is 56.8 Å². The van der Waals surface area contributed by atoms with Gasteiger partial charge in [-0.3, -0.25) is 4.79 Å². The molecule has 5 heteroatoms. The van der Waals surface area contributed by atoms with Crippen molar-refractivity contribution in [3.05, 3.63) is 53.1 Å². The lowest BCUT2D eigenvalue weighted by Crippen LogP contribution is -2.37. The second kappa shape index (κ2) is 10.2. The number of hydrogen-bond acceptors (Lipinski definition) is 4. The molecule has 2 aromatic rings. The van der Waals surface area contributed by atoms with Crippen molar-refractivity contribution in [3.63, 3.8) is 0 Å². The molecule has 0 bridgehead atoms. The van der Waals surface area contributed by atoms with E-state index in [0.29, 0.717) is 31.1 Å². The van der Waals surface area contributed by atoms with Gasteiger partial charge >= 0.3 is 0 Å². The maximum absolute atomic E-state index is 12.7. The number of ether oxygens (including phenoxy) is 3. The number of carbonyl (C=O) groups is 1. The molecule has 0 saturated carbocycles. The quantitative estimate of drug-likeness (QED) is 0.679. The molecule has 156 valence electrons. The van der Waals surface area contributed by atoms with Gasteiger partial charge in [-0.15, -0.1) is 0 Å². The van der Waals surface area contributed by atoms with Gasteiger partial charge in [-0.05, 0) is 80.0 Å². The van der Waals surface area contributed by atoms with Gasteiger partial charge in [0.1, 0.15) is 5.75 Å². The number of carbonyl (C=O) groups excluding carboxylic acids is 1. The van der Waals surface area contributed by atoms with Gasteiger partial charge in [0, 0.05) is 6.54 Å². The van der Waals surface area contributed by atoms with Crippen LogP contribution in [0.25, 0.3) is 0 Å². The highest BCUT2D eigenvalue weighted by molar-refractivity contribution is 5.81. The molecule has 0 heterocycles. The van der Waals surface area contributed by atoms with Crippen LogP contribution in [0.15, 0.2) is 36.4 Å². The standard InChI is InChI=1S/C24H31NO4/c1-4-21(29-20-12-11-18-8-6-7-9-19(18)15-20)24(26)25-16-17-10-13-22(27-3)23(14-17)28-5-2/h10-15,21H,4-9,16H2,1-3H3,(H,25,26). The zero-order chi connectivity index (χ0) is 20.6. The van der Waals surface area contributed by atoms with Crippen LogP contribution in [0, 0.1) is 0 Å². The van der Waals surface area contributed by atoms with Crippen molar-refractivity contribution in [2.45, 2.75) is 58.6 Å². The van der Waals surface area contributed by atoms with Crippen molar-refractivity contribution >= 4 is 5.91 Å². The Kier molecular flexibility index (Phi) is 7.39. The Bertz CT molecular complexity index is 834. The van der Waals surface area contributed by atoms with Crippen molar-refractivity contribution in [1.29, 1.82) is 0 Å². The summed E-state index contributed by atoms with van der Waals surface area (Å²) >= 11 is 0. The monoisotopic (exact) mass is 397 g/mol. The summed E-state index contributed by atoms with van der Waals surface area (Å²) in [6.45, 7) is 4.85. The average Bonchev–Trinajstić information content (AvgIpc) is 2.76. The molecule has 29 heavy (non-hydrogen) atoms. The molecule has 0 fully saturated rings. The first-order valence-electron chi connectivity index (χ1n) is 10.5. The van der Waals surface area contributed by atoms with Crippen LogP contribution >= 0.6 is 0 Å². The van der Waals surface area contributed by atoms with E-state index in [0.717, 1.165) is 24.2 Å². The van der Waals surface area contributed by atoms with E-state index < -0.39 is 6.10 Å². The summed E-state index contributed by atoms with van der Waals surface area (Å²) in [5.41, 5.74) is 3.71. The lowest BCUT2D eigenvalue weighted by Gasteiger charge is -2.20. The number of fused-ring (bicyclic) bond motifs is 1. The van der Waals surface area contributed by atoms with E-state index in [-0.39, 0.29) is 5.91 Å². The van der Waals surface area contributed by atoms with Gasteiger partial charge in [0.15, 0.2) is 17.6 Å². The minimum atomic E-state index is -0.513. The maximum Gasteiger partial charge on any atom is 0.261 e. The van der Waals surface area contributed by atoms with Crippen molar-refractivity contribution in [1.82, 2.24) is 5.32 Å². The Morgan fingerprint density at radius 3 is 2.55 bits per heavy atom. The third-order valence-electron chi connectivity index (χ3n) is 5.26. The zero-order valence-electron chi connectivity index (χ0n) is 17.6. The number of rotatable bonds is 9. The number of methoxy groups -OCH3 is 1. The van der Waals surface area contributed by atoms with E-state index in [1.165, 1.54) is 24.0 Å². The maximum atomic E-state index is 12.7. The van der Waals surface area contributed by atoms with Crippen LogP contribution in [0.2, 0.25) is 0 Å². The summed E-state index contributed by atoms with van der Waals surface area (Å²) in [7, 11) is 1.61. The highest BCUT2D eigenvalue weighted by Gasteiger charge is 2.19. The summed E-state index contributed by atoms with van der Waals surface area (Å²) in [6.07, 6.45) is 4.80. The minimum absolute atomic E-state index is 0.112. The van der Waals surface area contributed by atoms with E-state index in [1.54, 1.807) is 7.11 Å². The summed E-state index contributed by atoms with van der Waals surface area (Å²) in [4.78, 5) is 12.7. The first kappa shape index (κ1) is 21.0. The number of aryl methyl sites for hydroxylation is 2. The first-order chi connectivity index (χ1) is 14.1. The van der Waals surface area contributed by atoms with Gasteiger partial charge in [-0.1, -0.05) is 19.1 Å². The normalized spacial score (nSPS) is 13.9. The van der Waals surface area contributed by atoms with Crippen LogP contribution in [-0.4, -0.2) is 25.7 Å². The van der Waals surface area contributed by atoms with E-state index >= 15 is 0 Å². The molecule has 1 aliphatic rings. The fourth-order valence-electron chi connectivity index (χ4n) is 3.67. The molecule has 3 rings (SSSR count). The molecule has 1 atom stereocenters. The van der Waals surface area contributed by atoms with Crippen LogP contribution in [0.1, 0.15) is 49.8 Å². The van der Waals surface area contributed by atoms with Crippen LogP contribution < -0.4 is 19.5 Å². The lowest BCUT2D eigenvalue weighted by molar-refractivity contribution is -0.128. The van der Waals surface area contributed by atoms with Crippen molar-refractivity contribution in [2.75, 3.05) is 13.7 Å². The molecule has 5 nitrogen and oxygen atoms in total. The molecule has 1 aliphatic carbocycles. The number of amides is 1. The number of hydrogen-bond donors (Lipinski definition) is 1. The average molecular weight is 398 g/mol. The van der Waals surface area contributed by atoms with E-state index in [1.807, 2.05) is 38.1 Å². The third-order valence-corrected chi connectivity index (χ3v) is 5.26. The van der Waals surface area contributed by atoms with Gasteiger partial charge in [0.05, 0.1) is 13.7 Å². The Labute approximate surface area is 173 Å². The molecule has 0 saturated heterocycles. The Morgan fingerprint density at radius 2 is 1.83 bits per heavy atom. The number of nitrogens with one attached hydrogen (secondary N) is 1. The minimum Gasteiger partial charge on any atom is -0.493 e. The number of benzene rings is 2. The molecule has 1 unspecified atom stereocenters. The Balaban J connectivity index is 1.61. The van der Waals surface area contributed by atoms with Gasteiger partial charge in [-0.2, -0.15) is 0 Å². The summed E-state index contributed by atoms with van der Waals surface area (Å²) in [5.74, 6) is 2.03. The van der Waals surface area contributed by atoms with E-state index in [4.69, 9.17) is 14.2 Å². The van der Waals surface area contributed by atoms with Crippen LogP contribution in [0.4, 0.5) is 0 Å². The SMILES string of the molecule is CCOc1cc(CNC(=O)C(CC)Oc2ccc3c(c2)CCCC3)ccc1OC. The second-order valence-corrected chi connectivity index (χ2v) is 7.29. The van der Waals surface area contributed by atoms with Gasteiger partial charge in [0.2, 0.25) is 0 Å². The predicted octanol–water partition coefficient (Wildman–Crippen LogP) is 4.45.